The van der Waals surface area contributed by atoms with E-state index in [4.69, 9.17) is 9.47 Å². The molecular weight excluding hydrogens is 266 g/mol. The van der Waals surface area contributed by atoms with Crippen molar-refractivity contribution in [1.82, 2.24) is 0 Å². The summed E-state index contributed by atoms with van der Waals surface area (Å²) in [6, 6.07) is 11.8. The van der Waals surface area contributed by atoms with Gasteiger partial charge in [-0.05, 0) is 48.2 Å². The molecule has 0 bridgehead atoms. The summed E-state index contributed by atoms with van der Waals surface area (Å²) in [5.74, 6) is 1.50. The third-order valence-corrected chi connectivity index (χ3v) is 3.95. The third-order valence-electron chi connectivity index (χ3n) is 3.95. The van der Waals surface area contributed by atoms with Crippen LogP contribution < -0.4 is 14.8 Å². The van der Waals surface area contributed by atoms with Crippen LogP contribution in [0.3, 0.4) is 0 Å². The summed E-state index contributed by atoms with van der Waals surface area (Å²) >= 11 is 0. The minimum atomic E-state index is 0.145. The van der Waals surface area contributed by atoms with Gasteiger partial charge in [-0.3, -0.25) is 0 Å². The number of anilines is 1. The number of fused-ring (bicyclic) bond motifs is 1. The Hall–Kier alpha value is -2.36. The van der Waals surface area contributed by atoms with Crippen molar-refractivity contribution in [2.24, 2.45) is 0 Å². The smallest absolute Gasteiger partial charge is 0.160 e. The molecular formula is C17H19NO3. The fourth-order valence-corrected chi connectivity index (χ4v) is 2.84. The van der Waals surface area contributed by atoms with Crippen LogP contribution in [0.25, 0.3) is 0 Å². The average molecular weight is 285 g/mol. The molecule has 0 aromatic heterocycles. The molecule has 1 aliphatic rings. The van der Waals surface area contributed by atoms with E-state index in [9.17, 15) is 5.11 Å². The average Bonchev–Trinajstić information content (AvgIpc) is 2.90. The SMILES string of the molecule is COc1ccc2c(c1)C(Nc1ccc(OC)c(O)c1)CC2. The monoisotopic (exact) mass is 285 g/mol. The first-order chi connectivity index (χ1) is 10.2. The number of hydrogen-bond donors (Lipinski definition) is 2. The van der Waals surface area contributed by atoms with Crippen molar-refractivity contribution >= 4 is 5.69 Å². The first-order valence-electron chi connectivity index (χ1n) is 7.01. The first-order valence-corrected chi connectivity index (χ1v) is 7.01. The molecule has 2 aromatic carbocycles. The van der Waals surface area contributed by atoms with Crippen molar-refractivity contribution < 1.29 is 14.6 Å². The second-order valence-corrected chi connectivity index (χ2v) is 5.19. The van der Waals surface area contributed by atoms with Gasteiger partial charge in [-0.25, -0.2) is 0 Å². The minimum absolute atomic E-state index is 0.145. The highest BCUT2D eigenvalue weighted by Gasteiger charge is 2.23. The minimum Gasteiger partial charge on any atom is -0.504 e. The Bertz CT molecular complexity index is 654. The quantitative estimate of drug-likeness (QED) is 0.902. The Morgan fingerprint density at radius 1 is 1.10 bits per heavy atom. The van der Waals surface area contributed by atoms with Gasteiger partial charge in [0.1, 0.15) is 5.75 Å². The molecule has 110 valence electrons. The molecule has 0 amide bonds. The lowest BCUT2D eigenvalue weighted by molar-refractivity contribution is 0.373. The van der Waals surface area contributed by atoms with E-state index in [1.165, 1.54) is 11.1 Å². The number of phenolic OH excluding ortho intramolecular Hbond substituents is 1. The van der Waals surface area contributed by atoms with Gasteiger partial charge in [0.15, 0.2) is 11.5 Å². The van der Waals surface area contributed by atoms with E-state index in [1.807, 2.05) is 12.1 Å². The molecule has 0 saturated carbocycles. The maximum Gasteiger partial charge on any atom is 0.160 e. The summed E-state index contributed by atoms with van der Waals surface area (Å²) < 4.78 is 10.4. The van der Waals surface area contributed by atoms with Crippen LogP contribution in [0.4, 0.5) is 5.69 Å². The standard InChI is InChI=1S/C17H19NO3/c1-20-13-6-3-11-4-7-15(14(11)10-13)18-12-5-8-17(21-2)16(19)9-12/h3,5-6,8-10,15,18-19H,4,7H2,1-2H3. The summed E-state index contributed by atoms with van der Waals surface area (Å²) in [5, 5.41) is 13.3. The highest BCUT2D eigenvalue weighted by Crippen LogP contribution is 2.37. The molecule has 0 spiro atoms. The number of hydrogen-bond acceptors (Lipinski definition) is 4. The Morgan fingerprint density at radius 3 is 2.67 bits per heavy atom. The van der Waals surface area contributed by atoms with Gasteiger partial charge in [-0.1, -0.05) is 6.07 Å². The summed E-state index contributed by atoms with van der Waals surface area (Å²) in [7, 11) is 3.22. The van der Waals surface area contributed by atoms with Gasteiger partial charge in [-0.2, -0.15) is 0 Å². The third kappa shape index (κ3) is 2.61. The molecule has 4 heteroatoms. The van der Waals surface area contributed by atoms with Crippen molar-refractivity contribution in [2.75, 3.05) is 19.5 Å². The maximum absolute atomic E-state index is 9.86. The number of methoxy groups -OCH3 is 2. The summed E-state index contributed by atoms with van der Waals surface area (Å²) in [6.07, 6.45) is 2.09. The summed E-state index contributed by atoms with van der Waals surface area (Å²) in [5.41, 5.74) is 3.50. The van der Waals surface area contributed by atoms with Gasteiger partial charge in [0.25, 0.3) is 0 Å². The van der Waals surface area contributed by atoms with Crippen molar-refractivity contribution in [2.45, 2.75) is 18.9 Å². The molecule has 4 nitrogen and oxygen atoms in total. The molecule has 2 aromatic rings. The zero-order valence-corrected chi connectivity index (χ0v) is 12.2. The molecule has 3 rings (SSSR count). The van der Waals surface area contributed by atoms with Crippen molar-refractivity contribution in [3.63, 3.8) is 0 Å². The second-order valence-electron chi connectivity index (χ2n) is 5.19. The fraction of sp³-hybridized carbons (Fsp3) is 0.294. The Balaban J connectivity index is 1.83. The van der Waals surface area contributed by atoms with Gasteiger partial charge < -0.3 is 19.9 Å². The van der Waals surface area contributed by atoms with Gasteiger partial charge in [0, 0.05) is 11.8 Å². The first kappa shape index (κ1) is 13.6. The summed E-state index contributed by atoms with van der Waals surface area (Å²) in [6.45, 7) is 0. The van der Waals surface area contributed by atoms with E-state index in [2.05, 4.69) is 17.4 Å². The van der Waals surface area contributed by atoms with Crippen LogP contribution in [0.15, 0.2) is 36.4 Å². The molecule has 1 unspecified atom stereocenters. The number of aromatic hydroxyl groups is 1. The Labute approximate surface area is 124 Å². The predicted molar refractivity (Wildman–Crippen MR) is 82.3 cm³/mol. The fourth-order valence-electron chi connectivity index (χ4n) is 2.84. The maximum atomic E-state index is 9.86. The normalized spacial score (nSPS) is 16.4. The number of rotatable bonds is 4. The van der Waals surface area contributed by atoms with Crippen LogP contribution in [0.1, 0.15) is 23.6 Å². The van der Waals surface area contributed by atoms with Crippen molar-refractivity contribution in [1.29, 1.82) is 0 Å². The van der Waals surface area contributed by atoms with E-state index >= 15 is 0 Å². The van der Waals surface area contributed by atoms with Gasteiger partial charge in [-0.15, -0.1) is 0 Å². The number of ether oxygens (including phenoxy) is 2. The second kappa shape index (κ2) is 5.56. The Kier molecular flexibility index (Phi) is 3.60. The largest absolute Gasteiger partial charge is 0.504 e. The topological polar surface area (TPSA) is 50.7 Å². The number of phenols is 1. The molecule has 0 radical (unpaired) electrons. The molecule has 0 aliphatic heterocycles. The zero-order chi connectivity index (χ0) is 14.8. The molecule has 2 N–H and O–H groups in total. The van der Waals surface area contributed by atoms with Gasteiger partial charge in [0.2, 0.25) is 0 Å². The highest BCUT2D eigenvalue weighted by atomic mass is 16.5. The molecule has 21 heavy (non-hydrogen) atoms. The number of aryl methyl sites for hydroxylation is 1. The number of benzene rings is 2. The van der Waals surface area contributed by atoms with E-state index in [0.29, 0.717) is 5.75 Å². The van der Waals surface area contributed by atoms with Crippen molar-refractivity contribution in [3.8, 4) is 17.2 Å². The van der Waals surface area contributed by atoms with Gasteiger partial charge in [0.05, 0.1) is 20.3 Å². The predicted octanol–water partition coefficient (Wildman–Crippen LogP) is 3.51. The van der Waals surface area contributed by atoms with E-state index < -0.39 is 0 Å². The van der Waals surface area contributed by atoms with E-state index in [-0.39, 0.29) is 11.8 Å². The van der Waals surface area contributed by atoms with Crippen LogP contribution in [-0.2, 0) is 6.42 Å². The molecule has 1 atom stereocenters. The van der Waals surface area contributed by atoms with Crippen LogP contribution in [-0.4, -0.2) is 19.3 Å². The van der Waals surface area contributed by atoms with E-state index in [0.717, 1.165) is 24.3 Å². The summed E-state index contributed by atoms with van der Waals surface area (Å²) in [4.78, 5) is 0. The van der Waals surface area contributed by atoms with E-state index in [1.54, 1.807) is 26.4 Å². The Morgan fingerprint density at radius 2 is 1.95 bits per heavy atom. The lowest BCUT2D eigenvalue weighted by Crippen LogP contribution is -2.07. The van der Waals surface area contributed by atoms with Crippen molar-refractivity contribution in [3.05, 3.63) is 47.5 Å². The molecule has 0 heterocycles. The number of nitrogens with one attached hydrogen (secondary N) is 1. The lowest BCUT2D eigenvalue weighted by atomic mass is 10.1. The molecule has 1 aliphatic carbocycles. The highest BCUT2D eigenvalue weighted by molar-refractivity contribution is 5.56. The van der Waals surface area contributed by atoms with Crippen LogP contribution >= 0.6 is 0 Å². The van der Waals surface area contributed by atoms with Gasteiger partial charge >= 0.3 is 0 Å². The molecule has 0 saturated heterocycles. The van der Waals surface area contributed by atoms with Crippen LogP contribution in [0.2, 0.25) is 0 Å². The lowest BCUT2D eigenvalue weighted by Gasteiger charge is -2.17. The zero-order valence-electron chi connectivity index (χ0n) is 12.2. The van der Waals surface area contributed by atoms with Crippen LogP contribution in [0.5, 0.6) is 17.2 Å². The molecule has 0 fully saturated rings. The van der Waals surface area contributed by atoms with Crippen LogP contribution in [0, 0.1) is 0 Å².